The van der Waals surface area contributed by atoms with Crippen LogP contribution in [0.3, 0.4) is 0 Å². The fourth-order valence-corrected chi connectivity index (χ4v) is 2.09. The molecule has 2 aromatic rings. The molecule has 0 radical (unpaired) electrons. The van der Waals surface area contributed by atoms with Gasteiger partial charge in [0.05, 0.1) is 27.0 Å². The van der Waals surface area contributed by atoms with Gasteiger partial charge in [-0.2, -0.15) is 5.10 Å². The van der Waals surface area contributed by atoms with Crippen molar-refractivity contribution in [2.45, 2.75) is 6.92 Å². The summed E-state index contributed by atoms with van der Waals surface area (Å²) in [4.78, 5) is 11.8. The number of nitrogens with zero attached hydrogens (tertiary/aromatic N) is 1. The first-order valence-corrected chi connectivity index (χ1v) is 7.47. The largest absolute Gasteiger partial charge is 0.497 e. The molecule has 24 heavy (non-hydrogen) atoms. The van der Waals surface area contributed by atoms with Gasteiger partial charge in [0.25, 0.3) is 5.91 Å². The number of methoxy groups -OCH3 is 2. The maximum Gasteiger partial charge on any atom is 0.259 e. The van der Waals surface area contributed by atoms with Gasteiger partial charge < -0.3 is 14.8 Å². The third-order valence-corrected chi connectivity index (χ3v) is 3.42. The van der Waals surface area contributed by atoms with Crippen molar-refractivity contribution < 1.29 is 14.3 Å². The molecule has 0 aromatic heterocycles. The predicted molar refractivity (Wildman–Crippen MR) is 95.0 cm³/mol. The van der Waals surface area contributed by atoms with Crippen molar-refractivity contribution >= 4 is 17.8 Å². The van der Waals surface area contributed by atoms with Crippen LogP contribution in [-0.2, 0) is 4.79 Å². The molecule has 0 aliphatic rings. The van der Waals surface area contributed by atoms with Gasteiger partial charge in [-0.25, -0.2) is 5.43 Å². The molecule has 0 atom stereocenters. The van der Waals surface area contributed by atoms with Crippen LogP contribution in [0.1, 0.15) is 11.1 Å². The van der Waals surface area contributed by atoms with E-state index in [1.807, 2.05) is 31.2 Å². The lowest BCUT2D eigenvalue weighted by molar-refractivity contribution is -0.119. The molecule has 6 heteroatoms. The maximum absolute atomic E-state index is 11.8. The molecule has 0 bridgehead atoms. The van der Waals surface area contributed by atoms with Crippen LogP contribution < -0.4 is 20.2 Å². The summed E-state index contributed by atoms with van der Waals surface area (Å²) in [7, 11) is 3.15. The molecule has 0 heterocycles. The summed E-state index contributed by atoms with van der Waals surface area (Å²) >= 11 is 0. The van der Waals surface area contributed by atoms with Gasteiger partial charge in [-0.15, -0.1) is 0 Å². The molecular formula is C18H21N3O3. The van der Waals surface area contributed by atoms with Crippen LogP contribution in [0.5, 0.6) is 11.5 Å². The van der Waals surface area contributed by atoms with Gasteiger partial charge in [-0.1, -0.05) is 18.2 Å². The highest BCUT2D eigenvalue weighted by Crippen LogP contribution is 2.22. The Hall–Kier alpha value is -3.02. The SMILES string of the molecule is COc1ccc(C=NNC(=O)CNc2ccccc2C)c(OC)c1. The summed E-state index contributed by atoms with van der Waals surface area (Å²) in [5, 5.41) is 7.03. The number of carbonyl (C=O) groups is 1. The highest BCUT2D eigenvalue weighted by atomic mass is 16.5. The Labute approximate surface area is 141 Å². The van der Waals surface area contributed by atoms with Crippen LogP contribution in [-0.4, -0.2) is 32.9 Å². The number of aryl methyl sites for hydroxylation is 1. The summed E-state index contributed by atoms with van der Waals surface area (Å²) in [6.07, 6.45) is 1.53. The summed E-state index contributed by atoms with van der Waals surface area (Å²) in [6, 6.07) is 13.1. The van der Waals surface area contributed by atoms with Crippen LogP contribution in [0, 0.1) is 6.92 Å². The van der Waals surface area contributed by atoms with E-state index in [-0.39, 0.29) is 12.5 Å². The molecular weight excluding hydrogens is 306 g/mol. The second-order valence-corrected chi connectivity index (χ2v) is 5.07. The van der Waals surface area contributed by atoms with E-state index in [1.165, 1.54) is 6.21 Å². The quantitative estimate of drug-likeness (QED) is 0.606. The number of rotatable bonds is 7. The molecule has 0 saturated heterocycles. The van der Waals surface area contributed by atoms with Crippen LogP contribution in [0.25, 0.3) is 0 Å². The minimum atomic E-state index is -0.234. The highest BCUT2D eigenvalue weighted by Gasteiger charge is 2.04. The molecule has 2 rings (SSSR count). The second-order valence-electron chi connectivity index (χ2n) is 5.07. The van der Waals surface area contributed by atoms with Crippen molar-refractivity contribution in [3.8, 4) is 11.5 Å². The first-order chi connectivity index (χ1) is 11.6. The Balaban J connectivity index is 1.89. The summed E-state index contributed by atoms with van der Waals surface area (Å²) < 4.78 is 10.4. The van der Waals surface area contributed by atoms with Crippen LogP contribution in [0.15, 0.2) is 47.6 Å². The smallest absolute Gasteiger partial charge is 0.259 e. The van der Waals surface area contributed by atoms with Crippen molar-refractivity contribution in [2.24, 2.45) is 5.10 Å². The minimum Gasteiger partial charge on any atom is -0.497 e. The number of benzene rings is 2. The van der Waals surface area contributed by atoms with Gasteiger partial charge in [0.15, 0.2) is 0 Å². The lowest BCUT2D eigenvalue weighted by Crippen LogP contribution is -2.26. The molecule has 126 valence electrons. The summed E-state index contributed by atoms with van der Waals surface area (Å²) in [6.45, 7) is 2.12. The van der Waals surface area contributed by atoms with E-state index in [2.05, 4.69) is 15.8 Å². The average molecular weight is 327 g/mol. The number of anilines is 1. The second kappa shape index (κ2) is 8.57. The number of amides is 1. The number of ether oxygens (including phenoxy) is 2. The van der Waals surface area contributed by atoms with E-state index < -0.39 is 0 Å². The van der Waals surface area contributed by atoms with Gasteiger partial charge in [0.1, 0.15) is 11.5 Å². The van der Waals surface area contributed by atoms with Crippen LogP contribution in [0.4, 0.5) is 5.69 Å². The number of hydrogen-bond acceptors (Lipinski definition) is 5. The van der Waals surface area contributed by atoms with Crippen molar-refractivity contribution in [1.82, 2.24) is 5.43 Å². The normalized spacial score (nSPS) is 10.5. The third-order valence-electron chi connectivity index (χ3n) is 3.42. The zero-order valence-corrected chi connectivity index (χ0v) is 14.0. The van der Waals surface area contributed by atoms with Crippen molar-refractivity contribution in [2.75, 3.05) is 26.1 Å². The van der Waals surface area contributed by atoms with E-state index in [1.54, 1.807) is 32.4 Å². The zero-order valence-electron chi connectivity index (χ0n) is 14.0. The first kappa shape index (κ1) is 17.3. The monoisotopic (exact) mass is 327 g/mol. The maximum atomic E-state index is 11.8. The van der Waals surface area contributed by atoms with E-state index in [0.717, 1.165) is 16.8 Å². The van der Waals surface area contributed by atoms with Gasteiger partial charge >= 0.3 is 0 Å². The molecule has 2 N–H and O–H groups in total. The third kappa shape index (κ3) is 4.74. The molecule has 0 fully saturated rings. The van der Waals surface area contributed by atoms with E-state index >= 15 is 0 Å². The first-order valence-electron chi connectivity index (χ1n) is 7.47. The van der Waals surface area contributed by atoms with Crippen molar-refractivity contribution in [3.63, 3.8) is 0 Å². The molecule has 0 aliphatic heterocycles. The number of hydrogen-bond donors (Lipinski definition) is 2. The molecule has 0 unspecified atom stereocenters. The molecule has 1 amide bonds. The molecule has 0 saturated carbocycles. The standard InChI is InChI=1S/C18H21N3O3/c1-13-6-4-5-7-16(13)19-12-18(22)21-20-11-14-8-9-15(23-2)10-17(14)24-3/h4-11,19H,12H2,1-3H3,(H,21,22). The Morgan fingerprint density at radius 1 is 1.17 bits per heavy atom. The number of para-hydroxylation sites is 1. The van der Waals surface area contributed by atoms with Crippen LogP contribution in [0.2, 0.25) is 0 Å². The molecule has 0 spiro atoms. The molecule has 0 aliphatic carbocycles. The Kier molecular flexibility index (Phi) is 6.19. The fraction of sp³-hybridized carbons (Fsp3) is 0.222. The molecule has 2 aromatic carbocycles. The molecule has 6 nitrogen and oxygen atoms in total. The van der Waals surface area contributed by atoms with Crippen LogP contribution >= 0.6 is 0 Å². The number of nitrogens with one attached hydrogen (secondary N) is 2. The highest BCUT2D eigenvalue weighted by molar-refractivity contribution is 5.86. The Morgan fingerprint density at radius 3 is 2.67 bits per heavy atom. The summed E-state index contributed by atoms with van der Waals surface area (Å²) in [5.74, 6) is 1.07. The summed E-state index contributed by atoms with van der Waals surface area (Å²) in [5.41, 5.74) is 5.23. The van der Waals surface area contributed by atoms with Crippen molar-refractivity contribution in [1.29, 1.82) is 0 Å². The van der Waals surface area contributed by atoms with Gasteiger partial charge in [0, 0.05) is 17.3 Å². The topological polar surface area (TPSA) is 72.0 Å². The van der Waals surface area contributed by atoms with Gasteiger partial charge in [-0.3, -0.25) is 4.79 Å². The number of hydrazone groups is 1. The lowest BCUT2D eigenvalue weighted by atomic mass is 10.2. The number of carbonyl (C=O) groups excluding carboxylic acids is 1. The van der Waals surface area contributed by atoms with E-state index in [9.17, 15) is 4.79 Å². The average Bonchev–Trinajstić information content (AvgIpc) is 2.61. The van der Waals surface area contributed by atoms with Gasteiger partial charge in [0.2, 0.25) is 0 Å². The fourth-order valence-electron chi connectivity index (χ4n) is 2.09. The predicted octanol–water partition coefficient (Wildman–Crippen LogP) is 2.57. The van der Waals surface area contributed by atoms with Crippen molar-refractivity contribution in [3.05, 3.63) is 53.6 Å². The van der Waals surface area contributed by atoms with E-state index in [4.69, 9.17) is 9.47 Å². The van der Waals surface area contributed by atoms with E-state index in [0.29, 0.717) is 11.5 Å². The minimum absolute atomic E-state index is 0.141. The van der Waals surface area contributed by atoms with Gasteiger partial charge in [-0.05, 0) is 30.7 Å². The Morgan fingerprint density at radius 2 is 1.96 bits per heavy atom. The zero-order chi connectivity index (χ0) is 17.4. The lowest BCUT2D eigenvalue weighted by Gasteiger charge is -2.08. The Bertz CT molecular complexity index is 729.